The fourth-order valence-corrected chi connectivity index (χ4v) is 4.24. The molecule has 0 saturated carbocycles. The molecule has 1 fully saturated rings. The van der Waals surface area contributed by atoms with Crippen LogP contribution in [0.2, 0.25) is 0 Å². The maximum atomic E-state index is 13.0. The van der Waals surface area contributed by atoms with Crippen LogP contribution in [0.5, 0.6) is 28.7 Å². The molecule has 0 atom stereocenters. The second-order valence-corrected chi connectivity index (χ2v) is 7.84. The summed E-state index contributed by atoms with van der Waals surface area (Å²) in [5, 5.41) is 0. The lowest BCUT2D eigenvalue weighted by molar-refractivity contribution is -0.228. The van der Waals surface area contributed by atoms with Crippen molar-refractivity contribution in [2.75, 3.05) is 41.5 Å². The lowest BCUT2D eigenvalue weighted by Crippen LogP contribution is -2.52. The lowest BCUT2D eigenvalue weighted by atomic mass is 10.00. The number of methoxy groups -OCH3 is 4. The molecule has 1 spiro atoms. The van der Waals surface area contributed by atoms with Gasteiger partial charge in [-0.3, -0.25) is 4.79 Å². The van der Waals surface area contributed by atoms with Crippen molar-refractivity contribution < 1.29 is 33.2 Å². The molecule has 0 radical (unpaired) electrons. The van der Waals surface area contributed by atoms with Crippen LogP contribution in [-0.4, -0.2) is 58.1 Å². The highest BCUT2D eigenvalue weighted by Gasteiger charge is 2.42. The van der Waals surface area contributed by atoms with Crippen LogP contribution in [0.4, 0.5) is 0 Å². The third-order valence-corrected chi connectivity index (χ3v) is 6.02. The van der Waals surface area contributed by atoms with Gasteiger partial charge in [0.05, 0.1) is 41.5 Å². The highest BCUT2D eigenvalue weighted by Crippen LogP contribution is 2.43. The molecule has 2 aliphatic heterocycles. The average molecular weight is 443 g/mol. The topological polar surface area (TPSA) is 75.7 Å². The van der Waals surface area contributed by atoms with Gasteiger partial charge in [0.25, 0.3) is 0 Å². The molecular weight excluding hydrogens is 414 g/mol. The van der Waals surface area contributed by atoms with Gasteiger partial charge in [-0.05, 0) is 23.8 Å². The van der Waals surface area contributed by atoms with Crippen molar-refractivity contribution >= 4 is 5.91 Å². The van der Waals surface area contributed by atoms with Crippen molar-refractivity contribution in [3.8, 4) is 28.7 Å². The van der Waals surface area contributed by atoms with Crippen molar-refractivity contribution in [1.82, 2.24) is 4.90 Å². The summed E-state index contributed by atoms with van der Waals surface area (Å²) in [5.41, 5.74) is 1.77. The Kier molecular flexibility index (Phi) is 6.32. The fourth-order valence-electron chi connectivity index (χ4n) is 4.24. The van der Waals surface area contributed by atoms with E-state index in [1.165, 1.54) is 0 Å². The molecule has 0 aromatic heterocycles. The molecule has 0 unspecified atom stereocenters. The van der Waals surface area contributed by atoms with E-state index in [1.807, 2.05) is 23.1 Å². The average Bonchev–Trinajstić information content (AvgIpc) is 2.83. The predicted molar refractivity (Wildman–Crippen MR) is 117 cm³/mol. The molecule has 1 saturated heterocycles. The van der Waals surface area contributed by atoms with Crippen LogP contribution >= 0.6 is 0 Å². The van der Waals surface area contributed by atoms with Crippen LogP contribution in [0.15, 0.2) is 30.3 Å². The van der Waals surface area contributed by atoms with Crippen LogP contribution in [0, 0.1) is 0 Å². The molecule has 32 heavy (non-hydrogen) atoms. The molecule has 8 nitrogen and oxygen atoms in total. The number of ether oxygens (including phenoxy) is 6. The number of rotatable bonds is 6. The number of nitrogens with zero attached hydrogens (tertiary/aromatic N) is 1. The Morgan fingerprint density at radius 1 is 0.969 bits per heavy atom. The number of likely N-dealkylation sites (tertiary alicyclic amines) is 1. The highest BCUT2D eigenvalue weighted by molar-refractivity contribution is 5.79. The maximum Gasteiger partial charge on any atom is 0.227 e. The summed E-state index contributed by atoms with van der Waals surface area (Å²) < 4.78 is 34.0. The summed E-state index contributed by atoms with van der Waals surface area (Å²) in [6.07, 6.45) is 1.42. The Balaban J connectivity index is 1.42. The Labute approximate surface area is 187 Å². The minimum absolute atomic E-state index is 0.0305. The molecule has 2 heterocycles. The monoisotopic (exact) mass is 443 g/mol. The van der Waals surface area contributed by atoms with E-state index in [4.69, 9.17) is 28.4 Å². The standard InChI is InChI=1S/C24H29NO7/c1-27-18-7-5-6-17-15-31-24(32-22(17)18)8-10-25(11-9-24)21(26)14-16-12-19(28-2)23(30-4)20(13-16)29-3/h5-7,12-13H,8-11,14-15H2,1-4H3. The molecule has 4 rings (SSSR count). The molecule has 0 aliphatic carbocycles. The molecule has 2 aromatic carbocycles. The molecular formula is C24H29NO7. The summed E-state index contributed by atoms with van der Waals surface area (Å²) in [4.78, 5) is 14.8. The SMILES string of the molecule is COc1cccc2c1OC1(CCN(C(=O)Cc3cc(OC)c(OC)c(OC)c3)CC1)OC2. The van der Waals surface area contributed by atoms with Gasteiger partial charge in [-0.25, -0.2) is 0 Å². The second kappa shape index (κ2) is 9.16. The van der Waals surface area contributed by atoms with Crippen LogP contribution in [-0.2, 0) is 22.6 Å². The third kappa shape index (κ3) is 4.14. The van der Waals surface area contributed by atoms with Gasteiger partial charge in [-0.2, -0.15) is 0 Å². The quantitative estimate of drug-likeness (QED) is 0.679. The zero-order chi connectivity index (χ0) is 22.7. The zero-order valence-corrected chi connectivity index (χ0v) is 18.9. The van der Waals surface area contributed by atoms with Crippen molar-refractivity contribution in [3.05, 3.63) is 41.5 Å². The van der Waals surface area contributed by atoms with E-state index >= 15 is 0 Å². The first kappa shape index (κ1) is 22.1. The third-order valence-electron chi connectivity index (χ3n) is 6.02. The molecule has 2 aliphatic rings. The number of fused-ring (bicyclic) bond motifs is 1. The summed E-state index contributed by atoms with van der Waals surface area (Å²) in [6.45, 7) is 1.56. The van der Waals surface area contributed by atoms with Crippen LogP contribution in [0.1, 0.15) is 24.0 Å². The minimum Gasteiger partial charge on any atom is -0.493 e. The van der Waals surface area contributed by atoms with E-state index in [1.54, 1.807) is 40.6 Å². The van der Waals surface area contributed by atoms with Gasteiger partial charge >= 0.3 is 0 Å². The Bertz CT molecular complexity index is 943. The smallest absolute Gasteiger partial charge is 0.227 e. The Hall–Kier alpha value is -3.13. The van der Waals surface area contributed by atoms with E-state index < -0.39 is 5.79 Å². The van der Waals surface area contributed by atoms with E-state index in [0.717, 1.165) is 16.9 Å². The van der Waals surface area contributed by atoms with Crippen molar-refractivity contribution in [2.45, 2.75) is 31.7 Å². The Morgan fingerprint density at radius 2 is 1.62 bits per heavy atom. The number of piperidine rings is 1. The summed E-state index contributed by atoms with van der Waals surface area (Å²) in [7, 11) is 6.30. The first-order valence-electron chi connectivity index (χ1n) is 10.6. The highest BCUT2D eigenvalue weighted by atomic mass is 16.7. The fraction of sp³-hybridized carbons (Fsp3) is 0.458. The molecule has 2 aromatic rings. The van der Waals surface area contributed by atoms with E-state index in [9.17, 15) is 4.79 Å². The number of benzene rings is 2. The molecule has 172 valence electrons. The first-order chi connectivity index (χ1) is 15.5. The summed E-state index contributed by atoms with van der Waals surface area (Å²) in [6, 6.07) is 9.39. The van der Waals surface area contributed by atoms with Gasteiger partial charge in [0, 0.05) is 31.5 Å². The minimum atomic E-state index is -0.731. The summed E-state index contributed by atoms with van der Waals surface area (Å²) >= 11 is 0. The van der Waals surface area contributed by atoms with E-state index in [2.05, 4.69) is 0 Å². The number of hydrogen-bond donors (Lipinski definition) is 0. The molecule has 8 heteroatoms. The van der Waals surface area contributed by atoms with Gasteiger partial charge in [-0.15, -0.1) is 0 Å². The number of amides is 1. The predicted octanol–water partition coefficient (Wildman–Crippen LogP) is 3.19. The maximum absolute atomic E-state index is 13.0. The van der Waals surface area contributed by atoms with Crippen molar-refractivity contribution in [2.24, 2.45) is 0 Å². The van der Waals surface area contributed by atoms with Crippen molar-refractivity contribution in [1.29, 1.82) is 0 Å². The number of hydrogen-bond acceptors (Lipinski definition) is 7. The lowest BCUT2D eigenvalue weighted by Gasteiger charge is -2.44. The molecule has 1 amide bonds. The zero-order valence-electron chi connectivity index (χ0n) is 18.9. The normalized spacial score (nSPS) is 16.7. The van der Waals surface area contributed by atoms with Gasteiger partial charge in [0.1, 0.15) is 0 Å². The van der Waals surface area contributed by atoms with Gasteiger partial charge in [0.15, 0.2) is 23.0 Å². The van der Waals surface area contributed by atoms with Crippen LogP contribution in [0.3, 0.4) is 0 Å². The number of para-hydroxylation sites is 1. The van der Waals surface area contributed by atoms with Gasteiger partial charge in [0.2, 0.25) is 17.4 Å². The number of carbonyl (C=O) groups is 1. The van der Waals surface area contributed by atoms with Crippen molar-refractivity contribution in [3.63, 3.8) is 0 Å². The van der Waals surface area contributed by atoms with Crippen LogP contribution < -0.4 is 23.7 Å². The van der Waals surface area contributed by atoms with E-state index in [0.29, 0.717) is 55.5 Å². The van der Waals surface area contributed by atoms with E-state index in [-0.39, 0.29) is 12.3 Å². The molecule has 0 bridgehead atoms. The summed E-state index contributed by atoms with van der Waals surface area (Å²) in [5.74, 6) is 2.30. The van der Waals surface area contributed by atoms with Gasteiger partial charge in [-0.1, -0.05) is 12.1 Å². The Morgan fingerprint density at radius 3 is 2.22 bits per heavy atom. The van der Waals surface area contributed by atoms with Gasteiger partial charge < -0.3 is 33.3 Å². The first-order valence-corrected chi connectivity index (χ1v) is 10.6. The second-order valence-electron chi connectivity index (χ2n) is 7.84. The number of carbonyl (C=O) groups excluding carboxylic acids is 1. The van der Waals surface area contributed by atoms with Crippen LogP contribution in [0.25, 0.3) is 0 Å². The largest absolute Gasteiger partial charge is 0.493 e. The molecule has 0 N–H and O–H groups in total.